The molecule has 1 aliphatic carbocycles. The lowest BCUT2D eigenvalue weighted by atomic mass is 9.77. The zero-order chi connectivity index (χ0) is 14.6. The number of aryl methyl sites for hydroxylation is 1. The van der Waals surface area contributed by atoms with Crippen molar-refractivity contribution in [1.82, 2.24) is 9.97 Å². The maximum atomic E-state index is 6.28. The number of rotatable bonds is 1. The fourth-order valence-electron chi connectivity index (χ4n) is 3.75. The van der Waals surface area contributed by atoms with Crippen molar-refractivity contribution in [2.45, 2.75) is 51.0 Å². The summed E-state index contributed by atoms with van der Waals surface area (Å²) < 4.78 is 6.28. The molecule has 0 saturated carbocycles. The summed E-state index contributed by atoms with van der Waals surface area (Å²) in [6.45, 7) is 6.31. The predicted octanol–water partition coefficient (Wildman–Crippen LogP) is 2.37. The third kappa shape index (κ3) is 1.94. The van der Waals surface area contributed by atoms with Gasteiger partial charge in [-0.25, -0.2) is 9.97 Å². The molecule has 0 spiro atoms. The minimum Gasteiger partial charge on any atom is -0.455 e. The van der Waals surface area contributed by atoms with E-state index in [0.29, 0.717) is 0 Å². The van der Waals surface area contributed by atoms with Gasteiger partial charge in [-0.2, -0.15) is 0 Å². The lowest BCUT2D eigenvalue weighted by molar-refractivity contribution is 0.345. The maximum Gasteiger partial charge on any atom is 0.195 e. The molecule has 5 nitrogen and oxygen atoms in total. The van der Waals surface area contributed by atoms with Gasteiger partial charge >= 0.3 is 0 Å². The Hall–Kier alpha value is -1.62. The van der Waals surface area contributed by atoms with Crippen molar-refractivity contribution in [2.75, 3.05) is 18.0 Å². The summed E-state index contributed by atoms with van der Waals surface area (Å²) in [5, 5.41) is 0. The van der Waals surface area contributed by atoms with Crippen LogP contribution in [0, 0.1) is 0 Å². The quantitative estimate of drug-likeness (QED) is 0.871. The Bertz CT molecular complexity index is 691. The third-order valence-corrected chi connectivity index (χ3v) is 4.92. The van der Waals surface area contributed by atoms with Crippen LogP contribution in [0.5, 0.6) is 0 Å². The van der Waals surface area contributed by atoms with E-state index < -0.39 is 0 Å². The van der Waals surface area contributed by atoms with E-state index in [9.17, 15) is 0 Å². The molecule has 1 saturated heterocycles. The summed E-state index contributed by atoms with van der Waals surface area (Å²) in [6, 6.07) is 0.232. The first-order valence-electron chi connectivity index (χ1n) is 7.83. The normalized spacial score (nSPS) is 24.5. The number of nitrogens with zero attached hydrogens (tertiary/aromatic N) is 3. The van der Waals surface area contributed by atoms with Crippen molar-refractivity contribution in [1.29, 1.82) is 0 Å². The molecule has 0 aromatic carbocycles. The van der Waals surface area contributed by atoms with Gasteiger partial charge in [0.05, 0.1) is 0 Å². The molecule has 1 fully saturated rings. The molecule has 2 N–H and O–H groups in total. The van der Waals surface area contributed by atoms with E-state index in [1.165, 1.54) is 12.0 Å². The molecule has 1 aliphatic heterocycles. The fourth-order valence-corrected chi connectivity index (χ4v) is 3.75. The summed E-state index contributed by atoms with van der Waals surface area (Å²) in [4.78, 5) is 11.2. The van der Waals surface area contributed by atoms with Crippen molar-refractivity contribution in [3.63, 3.8) is 0 Å². The molecule has 5 heteroatoms. The Balaban J connectivity index is 1.89. The lowest BCUT2D eigenvalue weighted by Gasteiger charge is -2.27. The van der Waals surface area contributed by atoms with Crippen molar-refractivity contribution >= 4 is 16.9 Å². The number of furan rings is 1. The molecule has 4 rings (SSSR count). The molecule has 0 amide bonds. The van der Waals surface area contributed by atoms with Gasteiger partial charge in [0.2, 0.25) is 0 Å². The van der Waals surface area contributed by atoms with E-state index in [0.717, 1.165) is 55.0 Å². The largest absolute Gasteiger partial charge is 0.455 e. The average molecular weight is 286 g/mol. The second-order valence-electron chi connectivity index (χ2n) is 7.02. The summed E-state index contributed by atoms with van der Waals surface area (Å²) in [5.74, 6) is 2.02. The van der Waals surface area contributed by atoms with Gasteiger partial charge in [-0.3, -0.25) is 0 Å². The van der Waals surface area contributed by atoms with Crippen molar-refractivity contribution in [3.8, 4) is 0 Å². The first kappa shape index (κ1) is 13.1. The van der Waals surface area contributed by atoms with Gasteiger partial charge in [0.1, 0.15) is 17.6 Å². The Morgan fingerprint density at radius 2 is 2.24 bits per heavy atom. The zero-order valence-corrected chi connectivity index (χ0v) is 12.7. The number of aromatic nitrogens is 2. The van der Waals surface area contributed by atoms with Crippen LogP contribution in [0.15, 0.2) is 10.7 Å². The van der Waals surface area contributed by atoms with Gasteiger partial charge in [0.15, 0.2) is 11.4 Å². The lowest BCUT2D eigenvalue weighted by Crippen LogP contribution is -2.27. The summed E-state index contributed by atoms with van der Waals surface area (Å²) in [5.41, 5.74) is 9.26. The maximum absolute atomic E-state index is 6.28. The Kier molecular flexibility index (Phi) is 2.76. The van der Waals surface area contributed by atoms with Crippen molar-refractivity contribution in [3.05, 3.63) is 17.7 Å². The Labute approximate surface area is 124 Å². The minimum atomic E-state index is 0.0902. The van der Waals surface area contributed by atoms with E-state index in [-0.39, 0.29) is 11.5 Å². The van der Waals surface area contributed by atoms with Crippen LogP contribution in [-0.2, 0) is 11.8 Å². The standard InChI is InChI=1S/C16H22N4O/c1-16(2)6-3-4-11-12-13(21-14(11)16)15(19-9-18-12)20-7-5-10(17)8-20/h9-10H,3-8,17H2,1-2H3/t10-/m1/s1. The molecule has 0 radical (unpaired) electrons. The van der Waals surface area contributed by atoms with E-state index >= 15 is 0 Å². The van der Waals surface area contributed by atoms with Crippen LogP contribution in [0.4, 0.5) is 5.82 Å². The molecule has 2 aromatic heterocycles. The van der Waals surface area contributed by atoms with E-state index in [1.54, 1.807) is 6.33 Å². The van der Waals surface area contributed by atoms with Crippen LogP contribution in [-0.4, -0.2) is 29.1 Å². The van der Waals surface area contributed by atoms with Crippen LogP contribution < -0.4 is 10.6 Å². The summed E-state index contributed by atoms with van der Waals surface area (Å²) >= 11 is 0. The van der Waals surface area contributed by atoms with Crippen LogP contribution >= 0.6 is 0 Å². The molecule has 3 heterocycles. The molecular formula is C16H22N4O. The van der Waals surface area contributed by atoms with Gasteiger partial charge in [0, 0.05) is 30.1 Å². The van der Waals surface area contributed by atoms with E-state index in [4.69, 9.17) is 10.2 Å². The Morgan fingerprint density at radius 3 is 3.00 bits per heavy atom. The number of hydrogen-bond acceptors (Lipinski definition) is 5. The van der Waals surface area contributed by atoms with Crippen LogP contribution in [0.3, 0.4) is 0 Å². The number of hydrogen-bond donors (Lipinski definition) is 1. The predicted molar refractivity (Wildman–Crippen MR) is 82.6 cm³/mol. The van der Waals surface area contributed by atoms with Crippen LogP contribution in [0.25, 0.3) is 11.1 Å². The van der Waals surface area contributed by atoms with Gasteiger partial charge in [0.25, 0.3) is 0 Å². The molecule has 0 unspecified atom stereocenters. The number of anilines is 1. The zero-order valence-electron chi connectivity index (χ0n) is 12.7. The SMILES string of the molecule is CC1(C)CCCc2c1oc1c(N3CC[C@@H](N)C3)ncnc21. The minimum absolute atomic E-state index is 0.0902. The van der Waals surface area contributed by atoms with Gasteiger partial charge in [-0.05, 0) is 25.7 Å². The van der Waals surface area contributed by atoms with E-state index in [2.05, 4.69) is 28.7 Å². The molecule has 1 atom stereocenters. The van der Waals surface area contributed by atoms with Crippen molar-refractivity contribution < 1.29 is 4.42 Å². The Morgan fingerprint density at radius 1 is 1.38 bits per heavy atom. The highest BCUT2D eigenvalue weighted by molar-refractivity contribution is 5.88. The highest BCUT2D eigenvalue weighted by atomic mass is 16.3. The van der Waals surface area contributed by atoms with Crippen molar-refractivity contribution in [2.24, 2.45) is 5.73 Å². The smallest absolute Gasteiger partial charge is 0.195 e. The molecule has 21 heavy (non-hydrogen) atoms. The van der Waals surface area contributed by atoms with Crippen LogP contribution in [0.2, 0.25) is 0 Å². The first-order valence-corrected chi connectivity index (χ1v) is 7.83. The topological polar surface area (TPSA) is 68.2 Å². The van der Waals surface area contributed by atoms with E-state index in [1.807, 2.05) is 0 Å². The molecule has 2 aromatic rings. The fraction of sp³-hybridized carbons (Fsp3) is 0.625. The molecule has 112 valence electrons. The molecule has 2 aliphatic rings. The summed E-state index contributed by atoms with van der Waals surface area (Å²) in [7, 11) is 0. The highest BCUT2D eigenvalue weighted by Gasteiger charge is 2.35. The first-order chi connectivity index (χ1) is 10.1. The average Bonchev–Trinajstić information content (AvgIpc) is 3.03. The number of fused-ring (bicyclic) bond motifs is 3. The monoisotopic (exact) mass is 286 g/mol. The number of nitrogens with two attached hydrogens (primary N) is 1. The van der Waals surface area contributed by atoms with Crippen LogP contribution in [0.1, 0.15) is 44.4 Å². The van der Waals surface area contributed by atoms with Gasteiger partial charge in [-0.15, -0.1) is 0 Å². The molecular weight excluding hydrogens is 264 g/mol. The van der Waals surface area contributed by atoms with Gasteiger partial charge < -0.3 is 15.1 Å². The third-order valence-electron chi connectivity index (χ3n) is 4.92. The second-order valence-corrected chi connectivity index (χ2v) is 7.02. The second kappa shape index (κ2) is 4.44. The molecule has 0 bridgehead atoms. The highest BCUT2D eigenvalue weighted by Crippen LogP contribution is 2.43. The van der Waals surface area contributed by atoms with Gasteiger partial charge in [-0.1, -0.05) is 13.8 Å². The summed E-state index contributed by atoms with van der Waals surface area (Å²) in [6.07, 6.45) is 6.10.